The molecule has 5 nitrogen and oxygen atoms in total. The number of anilines is 1. The minimum Gasteiger partial charge on any atom is -0.392 e. The summed E-state index contributed by atoms with van der Waals surface area (Å²) in [5, 5.41) is 21.1. The van der Waals surface area contributed by atoms with E-state index in [-0.39, 0.29) is 18.1 Å². The molecule has 100 valence electrons. The molecule has 1 unspecified atom stereocenters. The minimum atomic E-state index is -0.336. The van der Waals surface area contributed by atoms with Crippen LogP contribution in [-0.4, -0.2) is 41.1 Å². The maximum absolute atomic E-state index is 12.1. The number of hydrogen-bond acceptors (Lipinski definition) is 4. The van der Waals surface area contributed by atoms with Crippen molar-refractivity contribution in [1.29, 1.82) is 5.26 Å². The zero-order chi connectivity index (χ0) is 13.8. The van der Waals surface area contributed by atoms with Crippen LogP contribution in [0.25, 0.3) is 0 Å². The number of rotatable bonds is 3. The average molecular weight is 259 g/mol. The van der Waals surface area contributed by atoms with E-state index in [1.54, 1.807) is 24.3 Å². The number of amides is 1. The first-order chi connectivity index (χ1) is 9.10. The normalized spacial score (nSPS) is 20.8. The lowest BCUT2D eigenvalue weighted by molar-refractivity contribution is -0.120. The van der Waals surface area contributed by atoms with Gasteiger partial charge in [-0.3, -0.25) is 9.69 Å². The summed E-state index contributed by atoms with van der Waals surface area (Å²) in [4.78, 5) is 14.0. The standard InChI is InChI=1S/C14H17N3O2/c1-10(17-6-5-13(18)9-17)14(19)16-12-4-2-3-11(7-12)8-15/h2-4,7,10,13,18H,5-6,9H2,1H3,(H,16,19)/t10?,13-/m0/s1. The second kappa shape index (κ2) is 5.83. The maximum atomic E-state index is 12.1. The lowest BCUT2D eigenvalue weighted by Crippen LogP contribution is -2.41. The van der Waals surface area contributed by atoms with Gasteiger partial charge in [0.1, 0.15) is 0 Å². The van der Waals surface area contributed by atoms with Crippen molar-refractivity contribution in [3.63, 3.8) is 0 Å². The van der Waals surface area contributed by atoms with Crippen LogP contribution in [0.3, 0.4) is 0 Å². The number of aliphatic hydroxyl groups is 1. The Morgan fingerprint density at radius 1 is 1.63 bits per heavy atom. The fraction of sp³-hybridized carbons (Fsp3) is 0.429. The van der Waals surface area contributed by atoms with E-state index in [2.05, 4.69) is 5.32 Å². The van der Waals surface area contributed by atoms with Crippen LogP contribution in [0.4, 0.5) is 5.69 Å². The van der Waals surface area contributed by atoms with Gasteiger partial charge < -0.3 is 10.4 Å². The van der Waals surface area contributed by atoms with Crippen LogP contribution >= 0.6 is 0 Å². The maximum Gasteiger partial charge on any atom is 0.241 e. The van der Waals surface area contributed by atoms with E-state index < -0.39 is 0 Å². The number of nitriles is 1. The molecule has 1 heterocycles. The lowest BCUT2D eigenvalue weighted by atomic mass is 10.2. The van der Waals surface area contributed by atoms with Gasteiger partial charge in [-0.1, -0.05) is 6.07 Å². The molecule has 1 amide bonds. The number of benzene rings is 1. The molecule has 5 heteroatoms. The molecular weight excluding hydrogens is 242 g/mol. The third kappa shape index (κ3) is 3.31. The summed E-state index contributed by atoms with van der Waals surface area (Å²) in [6, 6.07) is 8.57. The predicted molar refractivity (Wildman–Crippen MR) is 71.4 cm³/mol. The van der Waals surface area contributed by atoms with Crippen LogP contribution in [0.5, 0.6) is 0 Å². The van der Waals surface area contributed by atoms with Crippen molar-refractivity contribution in [2.75, 3.05) is 18.4 Å². The summed E-state index contributed by atoms with van der Waals surface area (Å²) in [5.74, 6) is -0.121. The molecule has 1 fully saturated rings. The first kappa shape index (κ1) is 13.5. The summed E-state index contributed by atoms with van der Waals surface area (Å²) >= 11 is 0. The largest absolute Gasteiger partial charge is 0.392 e. The molecule has 2 atom stereocenters. The molecule has 0 aromatic heterocycles. The van der Waals surface area contributed by atoms with E-state index in [0.29, 0.717) is 24.2 Å². The summed E-state index contributed by atoms with van der Waals surface area (Å²) in [6.07, 6.45) is 0.374. The molecule has 0 aliphatic carbocycles. The van der Waals surface area contributed by atoms with Crippen LogP contribution in [0.15, 0.2) is 24.3 Å². The highest BCUT2D eigenvalue weighted by Gasteiger charge is 2.28. The molecule has 2 N–H and O–H groups in total. The molecule has 1 saturated heterocycles. The number of likely N-dealkylation sites (tertiary alicyclic amines) is 1. The van der Waals surface area contributed by atoms with E-state index in [1.807, 2.05) is 17.9 Å². The number of nitrogens with one attached hydrogen (secondary N) is 1. The molecule has 1 aromatic rings. The molecule has 19 heavy (non-hydrogen) atoms. The van der Waals surface area contributed by atoms with Crippen molar-refractivity contribution in [2.45, 2.75) is 25.5 Å². The van der Waals surface area contributed by atoms with Gasteiger partial charge in [-0.15, -0.1) is 0 Å². The first-order valence-electron chi connectivity index (χ1n) is 6.33. The summed E-state index contributed by atoms with van der Waals surface area (Å²) in [5.41, 5.74) is 1.14. The Kier molecular flexibility index (Phi) is 4.15. The van der Waals surface area contributed by atoms with Crippen molar-refractivity contribution in [1.82, 2.24) is 4.90 Å². The van der Waals surface area contributed by atoms with Crippen molar-refractivity contribution in [2.24, 2.45) is 0 Å². The zero-order valence-electron chi connectivity index (χ0n) is 10.8. The predicted octanol–water partition coefficient (Wildman–Crippen LogP) is 0.952. The van der Waals surface area contributed by atoms with E-state index in [9.17, 15) is 9.90 Å². The van der Waals surface area contributed by atoms with Gasteiger partial charge in [0.2, 0.25) is 5.91 Å². The van der Waals surface area contributed by atoms with Crippen LogP contribution in [0, 0.1) is 11.3 Å². The highest BCUT2D eigenvalue weighted by Crippen LogP contribution is 2.15. The number of aliphatic hydroxyl groups excluding tert-OH is 1. The van der Waals surface area contributed by atoms with E-state index in [0.717, 1.165) is 6.54 Å². The number of carbonyl (C=O) groups is 1. The quantitative estimate of drug-likeness (QED) is 0.847. The Balaban J connectivity index is 1.98. The lowest BCUT2D eigenvalue weighted by Gasteiger charge is -2.22. The first-order valence-corrected chi connectivity index (χ1v) is 6.33. The van der Waals surface area contributed by atoms with Gasteiger partial charge in [-0.05, 0) is 31.5 Å². The number of carbonyl (C=O) groups excluding carboxylic acids is 1. The summed E-state index contributed by atoms with van der Waals surface area (Å²) in [6.45, 7) is 3.09. The minimum absolute atomic E-state index is 0.121. The third-order valence-corrected chi connectivity index (χ3v) is 3.38. The van der Waals surface area contributed by atoms with Gasteiger partial charge in [0, 0.05) is 18.8 Å². The monoisotopic (exact) mass is 259 g/mol. The molecule has 0 radical (unpaired) electrons. The van der Waals surface area contributed by atoms with Crippen molar-refractivity contribution >= 4 is 11.6 Å². The Hall–Kier alpha value is -1.90. The van der Waals surface area contributed by atoms with E-state index in [4.69, 9.17) is 5.26 Å². The molecule has 1 aliphatic rings. The topological polar surface area (TPSA) is 76.4 Å². The van der Waals surface area contributed by atoms with Crippen molar-refractivity contribution in [3.05, 3.63) is 29.8 Å². The molecule has 1 aliphatic heterocycles. The molecule has 2 rings (SSSR count). The van der Waals surface area contributed by atoms with Crippen LogP contribution in [-0.2, 0) is 4.79 Å². The van der Waals surface area contributed by atoms with Gasteiger partial charge in [0.15, 0.2) is 0 Å². The Morgan fingerprint density at radius 3 is 3.05 bits per heavy atom. The van der Waals surface area contributed by atoms with Crippen LogP contribution < -0.4 is 5.32 Å². The SMILES string of the molecule is CC(C(=O)Nc1cccc(C#N)c1)N1CC[C@H](O)C1. The van der Waals surface area contributed by atoms with Gasteiger partial charge in [0.25, 0.3) is 0 Å². The van der Waals surface area contributed by atoms with Crippen molar-refractivity contribution in [3.8, 4) is 6.07 Å². The van der Waals surface area contributed by atoms with E-state index in [1.165, 1.54) is 0 Å². The molecular formula is C14H17N3O2. The third-order valence-electron chi connectivity index (χ3n) is 3.38. The fourth-order valence-electron chi connectivity index (χ4n) is 2.20. The highest BCUT2D eigenvalue weighted by molar-refractivity contribution is 5.94. The molecule has 0 spiro atoms. The summed E-state index contributed by atoms with van der Waals surface area (Å²) < 4.78 is 0. The fourth-order valence-corrected chi connectivity index (χ4v) is 2.20. The Bertz CT molecular complexity index is 510. The molecule has 0 bridgehead atoms. The smallest absolute Gasteiger partial charge is 0.241 e. The van der Waals surface area contributed by atoms with Crippen LogP contribution in [0.2, 0.25) is 0 Å². The highest BCUT2D eigenvalue weighted by atomic mass is 16.3. The molecule has 0 saturated carbocycles. The number of β-amino-alcohol motifs (C(OH)–C–C–N with tert-alkyl or cyclic N) is 1. The number of hydrogen-bond donors (Lipinski definition) is 2. The van der Waals surface area contributed by atoms with Gasteiger partial charge in [-0.25, -0.2) is 0 Å². The van der Waals surface area contributed by atoms with Gasteiger partial charge in [-0.2, -0.15) is 5.26 Å². The summed E-state index contributed by atoms with van der Waals surface area (Å²) in [7, 11) is 0. The van der Waals surface area contributed by atoms with Gasteiger partial charge >= 0.3 is 0 Å². The zero-order valence-corrected chi connectivity index (χ0v) is 10.8. The second-order valence-corrected chi connectivity index (χ2v) is 4.80. The second-order valence-electron chi connectivity index (χ2n) is 4.80. The van der Waals surface area contributed by atoms with E-state index >= 15 is 0 Å². The molecule has 1 aromatic carbocycles. The van der Waals surface area contributed by atoms with Crippen LogP contribution in [0.1, 0.15) is 18.9 Å². The average Bonchev–Trinajstić information content (AvgIpc) is 2.84. The Morgan fingerprint density at radius 2 is 2.42 bits per heavy atom. The number of nitrogens with zero attached hydrogens (tertiary/aromatic N) is 2. The van der Waals surface area contributed by atoms with Crippen molar-refractivity contribution < 1.29 is 9.90 Å². The van der Waals surface area contributed by atoms with Gasteiger partial charge in [0.05, 0.1) is 23.8 Å². The Labute approximate surface area is 112 Å².